The molecule has 0 amide bonds. The van der Waals surface area contributed by atoms with Gasteiger partial charge < -0.3 is 10.1 Å². The predicted octanol–water partition coefficient (Wildman–Crippen LogP) is 4.03. The van der Waals surface area contributed by atoms with Crippen LogP contribution in [0.5, 0.6) is 0 Å². The molecule has 0 radical (unpaired) electrons. The van der Waals surface area contributed by atoms with Gasteiger partial charge in [0, 0.05) is 16.8 Å². The van der Waals surface area contributed by atoms with Gasteiger partial charge in [0.25, 0.3) is 0 Å². The molecular formula is C14H22ClNOS. The van der Waals surface area contributed by atoms with Gasteiger partial charge in [-0.15, -0.1) is 11.3 Å². The molecule has 0 spiro atoms. The van der Waals surface area contributed by atoms with Crippen LogP contribution in [0.1, 0.15) is 37.3 Å². The minimum atomic E-state index is 0.286. The maximum atomic E-state index is 6.20. The molecule has 1 fully saturated rings. The first-order valence-corrected chi connectivity index (χ1v) is 7.73. The van der Waals surface area contributed by atoms with E-state index in [9.17, 15) is 0 Å². The lowest BCUT2D eigenvalue weighted by atomic mass is 9.83. The molecule has 5 atom stereocenters. The van der Waals surface area contributed by atoms with Gasteiger partial charge in [-0.05, 0) is 45.4 Å². The van der Waals surface area contributed by atoms with Crippen molar-refractivity contribution in [2.45, 2.75) is 45.9 Å². The molecular weight excluding hydrogens is 266 g/mol. The summed E-state index contributed by atoms with van der Waals surface area (Å²) >= 11 is 7.88. The number of halogens is 1. The van der Waals surface area contributed by atoms with Gasteiger partial charge in [-0.25, -0.2) is 0 Å². The Morgan fingerprint density at radius 2 is 2.00 bits per heavy atom. The van der Waals surface area contributed by atoms with Gasteiger partial charge in [-0.2, -0.15) is 0 Å². The summed E-state index contributed by atoms with van der Waals surface area (Å²) in [5.74, 6) is 1.05. The molecule has 2 heterocycles. The summed E-state index contributed by atoms with van der Waals surface area (Å²) in [4.78, 5) is 1.32. The molecule has 2 nitrogen and oxygen atoms in total. The second-order valence-electron chi connectivity index (χ2n) is 5.35. The first kappa shape index (κ1) is 14.3. The molecule has 0 aromatic carbocycles. The zero-order chi connectivity index (χ0) is 13.4. The van der Waals surface area contributed by atoms with Crippen LogP contribution in [0.3, 0.4) is 0 Å². The molecule has 1 aliphatic heterocycles. The lowest BCUT2D eigenvalue weighted by Gasteiger charge is -2.27. The quantitative estimate of drug-likeness (QED) is 0.906. The van der Waals surface area contributed by atoms with Crippen molar-refractivity contribution in [3.8, 4) is 0 Å². The highest BCUT2D eigenvalue weighted by atomic mass is 35.5. The minimum absolute atomic E-state index is 0.286. The Bertz CT molecular complexity index is 400. The van der Waals surface area contributed by atoms with Crippen molar-refractivity contribution in [3.63, 3.8) is 0 Å². The molecule has 102 valence electrons. The van der Waals surface area contributed by atoms with Gasteiger partial charge in [0.2, 0.25) is 0 Å². The maximum absolute atomic E-state index is 6.20. The molecule has 1 aromatic heterocycles. The van der Waals surface area contributed by atoms with E-state index in [1.807, 2.05) is 7.05 Å². The van der Waals surface area contributed by atoms with Crippen molar-refractivity contribution in [3.05, 3.63) is 20.8 Å². The van der Waals surface area contributed by atoms with E-state index < -0.39 is 0 Å². The summed E-state index contributed by atoms with van der Waals surface area (Å²) in [6.45, 7) is 8.69. The van der Waals surface area contributed by atoms with Crippen LogP contribution in [0.15, 0.2) is 6.07 Å². The molecule has 4 heteroatoms. The van der Waals surface area contributed by atoms with Gasteiger partial charge in [0.15, 0.2) is 0 Å². The zero-order valence-electron chi connectivity index (χ0n) is 11.7. The monoisotopic (exact) mass is 287 g/mol. The van der Waals surface area contributed by atoms with E-state index in [0.717, 1.165) is 4.34 Å². The summed E-state index contributed by atoms with van der Waals surface area (Å²) in [5, 5.41) is 3.45. The van der Waals surface area contributed by atoms with Gasteiger partial charge in [-0.1, -0.05) is 18.5 Å². The van der Waals surface area contributed by atoms with Crippen LogP contribution in [0.4, 0.5) is 0 Å². The summed E-state index contributed by atoms with van der Waals surface area (Å²) in [5.41, 5.74) is 1.17. The van der Waals surface area contributed by atoms with Gasteiger partial charge in [0.05, 0.1) is 16.5 Å². The Kier molecular flexibility index (Phi) is 4.37. The second-order valence-corrected chi connectivity index (χ2v) is 7.04. The Balaban J connectivity index is 2.28. The van der Waals surface area contributed by atoms with E-state index in [-0.39, 0.29) is 6.10 Å². The van der Waals surface area contributed by atoms with Crippen LogP contribution in [-0.2, 0) is 4.74 Å². The molecule has 5 unspecified atom stereocenters. The normalized spacial score (nSPS) is 33.9. The SMILES string of the molecule is CNC(c1cc(C)c(Cl)s1)C1C(C)OC(C)C1C. The smallest absolute Gasteiger partial charge is 0.0960 e. The summed E-state index contributed by atoms with van der Waals surface area (Å²) in [6, 6.07) is 2.53. The van der Waals surface area contributed by atoms with Crippen molar-refractivity contribution < 1.29 is 4.74 Å². The summed E-state index contributed by atoms with van der Waals surface area (Å²) in [7, 11) is 2.02. The van der Waals surface area contributed by atoms with Crippen LogP contribution in [-0.4, -0.2) is 19.3 Å². The van der Waals surface area contributed by atoms with Crippen LogP contribution in [0.2, 0.25) is 4.34 Å². The standard InChI is InChI=1S/C14H22ClNOS/c1-7-6-11(18-14(7)15)13(16-5)12-8(2)9(3)17-10(12)4/h6,8-10,12-13,16H,1-5H3. The van der Waals surface area contributed by atoms with Crippen LogP contribution >= 0.6 is 22.9 Å². The minimum Gasteiger partial charge on any atom is -0.375 e. The van der Waals surface area contributed by atoms with Crippen molar-refractivity contribution >= 4 is 22.9 Å². The van der Waals surface area contributed by atoms with E-state index in [2.05, 4.69) is 39.1 Å². The van der Waals surface area contributed by atoms with Crippen molar-refractivity contribution in [2.75, 3.05) is 7.05 Å². The highest BCUT2D eigenvalue weighted by molar-refractivity contribution is 7.16. The first-order valence-electron chi connectivity index (χ1n) is 6.54. The maximum Gasteiger partial charge on any atom is 0.0960 e. The second kappa shape index (κ2) is 5.49. The fourth-order valence-corrected chi connectivity index (χ4v) is 4.42. The lowest BCUT2D eigenvalue weighted by Crippen LogP contribution is -2.32. The molecule has 1 aliphatic rings. The first-order chi connectivity index (χ1) is 8.45. The number of hydrogen-bond acceptors (Lipinski definition) is 3. The van der Waals surface area contributed by atoms with E-state index in [1.54, 1.807) is 11.3 Å². The van der Waals surface area contributed by atoms with Crippen molar-refractivity contribution in [1.29, 1.82) is 0 Å². The van der Waals surface area contributed by atoms with E-state index in [0.29, 0.717) is 24.0 Å². The third kappa shape index (κ3) is 2.46. The largest absolute Gasteiger partial charge is 0.375 e. The van der Waals surface area contributed by atoms with Crippen LogP contribution < -0.4 is 5.32 Å². The molecule has 0 bridgehead atoms. The number of nitrogens with one attached hydrogen (secondary N) is 1. The Morgan fingerprint density at radius 1 is 1.33 bits per heavy atom. The van der Waals surface area contributed by atoms with Crippen molar-refractivity contribution in [2.24, 2.45) is 11.8 Å². The number of rotatable bonds is 3. The number of ether oxygens (including phenoxy) is 1. The third-order valence-electron chi connectivity index (χ3n) is 4.20. The van der Waals surface area contributed by atoms with E-state index in [1.165, 1.54) is 10.4 Å². The highest BCUT2D eigenvalue weighted by Crippen LogP contribution is 2.43. The Labute approximate surface area is 119 Å². The van der Waals surface area contributed by atoms with Crippen molar-refractivity contribution in [1.82, 2.24) is 5.32 Å². The molecule has 2 rings (SSSR count). The summed E-state index contributed by atoms with van der Waals surface area (Å²) in [6.07, 6.45) is 0.617. The van der Waals surface area contributed by atoms with Gasteiger partial charge in [0.1, 0.15) is 0 Å². The molecule has 1 aromatic rings. The third-order valence-corrected chi connectivity index (χ3v) is 5.84. The number of thiophene rings is 1. The van der Waals surface area contributed by atoms with E-state index >= 15 is 0 Å². The van der Waals surface area contributed by atoms with E-state index in [4.69, 9.17) is 16.3 Å². The molecule has 0 saturated carbocycles. The van der Waals surface area contributed by atoms with Crippen LogP contribution in [0.25, 0.3) is 0 Å². The lowest BCUT2D eigenvalue weighted by molar-refractivity contribution is 0.0479. The molecule has 1 N–H and O–H groups in total. The summed E-state index contributed by atoms with van der Waals surface area (Å²) < 4.78 is 6.86. The molecule has 1 saturated heterocycles. The average Bonchev–Trinajstić information content (AvgIpc) is 2.75. The Hall–Kier alpha value is -0.0900. The Morgan fingerprint density at radius 3 is 2.39 bits per heavy atom. The molecule has 0 aliphatic carbocycles. The zero-order valence-corrected chi connectivity index (χ0v) is 13.2. The topological polar surface area (TPSA) is 21.3 Å². The fraction of sp³-hybridized carbons (Fsp3) is 0.714. The van der Waals surface area contributed by atoms with Gasteiger partial charge in [-0.3, -0.25) is 0 Å². The fourth-order valence-electron chi connectivity index (χ4n) is 3.03. The predicted molar refractivity (Wildman–Crippen MR) is 78.5 cm³/mol. The number of hydrogen-bond donors (Lipinski definition) is 1. The van der Waals surface area contributed by atoms with Crippen LogP contribution in [0, 0.1) is 18.8 Å². The molecule has 18 heavy (non-hydrogen) atoms. The van der Waals surface area contributed by atoms with Gasteiger partial charge >= 0.3 is 0 Å². The average molecular weight is 288 g/mol. The number of aryl methyl sites for hydroxylation is 1. The highest BCUT2D eigenvalue weighted by Gasteiger charge is 2.42.